The second kappa shape index (κ2) is 14.6. The minimum Gasteiger partial charge on any atom is -0.455 e. The fraction of sp³-hybridized carbons (Fsp3) is 0.100. The van der Waals surface area contributed by atoms with Crippen molar-refractivity contribution in [3.63, 3.8) is 0 Å². The van der Waals surface area contributed by atoms with Gasteiger partial charge in [-0.15, -0.1) is 0 Å². The maximum Gasteiger partial charge on any atom is 0.143 e. The van der Waals surface area contributed by atoms with Crippen molar-refractivity contribution in [3.05, 3.63) is 200 Å². The van der Waals surface area contributed by atoms with E-state index in [-0.39, 0.29) is 5.41 Å². The summed E-state index contributed by atoms with van der Waals surface area (Å²) in [5.74, 6) is 0. The number of hydrogen-bond donors (Lipinski definition) is 0. The molecule has 62 heavy (non-hydrogen) atoms. The predicted octanol–water partition coefficient (Wildman–Crippen LogP) is 17.9. The summed E-state index contributed by atoms with van der Waals surface area (Å²) in [7, 11) is 0. The van der Waals surface area contributed by atoms with Gasteiger partial charge < -0.3 is 9.32 Å². The van der Waals surface area contributed by atoms with E-state index in [1.807, 2.05) is 13.8 Å². The zero-order valence-electron chi connectivity index (χ0n) is 35.8. The molecular weight excluding hydrogens is 751 g/mol. The van der Waals surface area contributed by atoms with Crippen LogP contribution in [0.4, 0.5) is 17.1 Å². The van der Waals surface area contributed by atoms with Crippen LogP contribution in [0.5, 0.6) is 0 Å². The molecule has 1 aromatic heterocycles. The van der Waals surface area contributed by atoms with Gasteiger partial charge >= 0.3 is 0 Å². The maximum absolute atomic E-state index is 7.08. The molecule has 0 N–H and O–H groups in total. The highest BCUT2D eigenvalue weighted by Crippen LogP contribution is 2.48. The van der Waals surface area contributed by atoms with Crippen LogP contribution < -0.4 is 4.90 Å². The van der Waals surface area contributed by atoms with Gasteiger partial charge in [0.1, 0.15) is 11.2 Å². The summed E-state index contributed by atoms with van der Waals surface area (Å²) in [6.45, 7) is 10.8. The molecule has 12 rings (SSSR count). The quantitative estimate of drug-likeness (QED) is 0.161. The highest BCUT2D eigenvalue weighted by atomic mass is 16.3. The van der Waals surface area contributed by atoms with Crippen LogP contribution in [0.1, 0.15) is 40.2 Å². The molecule has 12 aromatic rings. The lowest BCUT2D eigenvalue weighted by Crippen LogP contribution is -2.10. The minimum absolute atomic E-state index is 0.130. The Balaban J connectivity index is 0.00000213. The van der Waals surface area contributed by atoms with E-state index in [4.69, 9.17) is 4.42 Å². The third-order valence-corrected chi connectivity index (χ3v) is 12.7. The van der Waals surface area contributed by atoms with E-state index in [0.717, 1.165) is 39.0 Å². The fourth-order valence-corrected chi connectivity index (χ4v) is 9.65. The van der Waals surface area contributed by atoms with Gasteiger partial charge in [0.25, 0.3) is 0 Å². The summed E-state index contributed by atoms with van der Waals surface area (Å²) in [4.78, 5) is 2.36. The molecule has 2 nitrogen and oxygen atoms in total. The van der Waals surface area contributed by atoms with Crippen LogP contribution in [0.25, 0.3) is 98.1 Å². The van der Waals surface area contributed by atoms with Gasteiger partial charge in [0.2, 0.25) is 0 Å². The predicted molar refractivity (Wildman–Crippen MR) is 268 cm³/mol. The second-order valence-corrected chi connectivity index (χ2v) is 17.3. The van der Waals surface area contributed by atoms with Crippen molar-refractivity contribution < 1.29 is 4.42 Å². The highest BCUT2D eigenvalue weighted by molar-refractivity contribution is 6.38. The number of rotatable bonds is 5. The average Bonchev–Trinajstić information content (AvgIpc) is 3.71. The van der Waals surface area contributed by atoms with Gasteiger partial charge in [-0.1, -0.05) is 180 Å². The molecule has 1 heterocycles. The lowest BCUT2D eigenvalue weighted by atomic mass is 9.86. The SMILES string of the molecule is CC.CC(C)(C)c1ccc(-c2ccc(-c3cc4cccc5c6c7ccc(N(c8ccc9ccccc9c8)c8ccc9ccccc9c8)cc7oc6c6cccc3c6c45)cc2)cc1. The van der Waals surface area contributed by atoms with Crippen molar-refractivity contribution in [3.8, 4) is 22.3 Å². The number of benzene rings is 11. The first-order chi connectivity index (χ1) is 30.4. The number of nitrogens with zero attached hydrogens (tertiary/aromatic N) is 1. The Hall–Kier alpha value is -7.42. The Morgan fingerprint density at radius 3 is 1.53 bits per heavy atom. The van der Waals surface area contributed by atoms with Gasteiger partial charge in [0.05, 0.1) is 0 Å². The number of furan rings is 1. The van der Waals surface area contributed by atoms with E-state index >= 15 is 0 Å². The standard InChI is InChI=1S/C58H41NO.C2H6/c1-58(2,3)44-26-22-39(23-27-44)38-18-20-40(21-19-38)52-34-43-14-8-16-50-54(43)55-48(52)15-9-17-51(55)57-56(50)49-31-30-47(35-53(49)60-57)59(45-28-24-36-10-4-6-12-41(36)32-45)46-29-25-37-11-5-7-13-42(37)33-46;1-2/h4-35H,1-3H3;1-2H3. The molecule has 0 bridgehead atoms. The summed E-state index contributed by atoms with van der Waals surface area (Å²) in [6, 6.07) is 71.3. The topological polar surface area (TPSA) is 16.4 Å². The highest BCUT2D eigenvalue weighted by Gasteiger charge is 2.22. The third kappa shape index (κ3) is 6.09. The zero-order valence-corrected chi connectivity index (χ0v) is 35.8. The van der Waals surface area contributed by atoms with E-state index in [9.17, 15) is 0 Å². The Morgan fingerprint density at radius 1 is 0.371 bits per heavy atom. The van der Waals surface area contributed by atoms with Crippen molar-refractivity contribution in [2.75, 3.05) is 4.90 Å². The van der Waals surface area contributed by atoms with E-state index in [2.05, 4.69) is 220 Å². The molecule has 0 amide bonds. The maximum atomic E-state index is 7.08. The van der Waals surface area contributed by atoms with E-state index in [1.54, 1.807) is 0 Å². The molecule has 2 heteroatoms. The minimum atomic E-state index is 0.130. The van der Waals surface area contributed by atoms with Crippen LogP contribution in [0, 0.1) is 0 Å². The van der Waals surface area contributed by atoms with Crippen molar-refractivity contribution >= 4 is 92.9 Å². The molecule has 0 atom stereocenters. The molecule has 0 aliphatic heterocycles. The summed E-state index contributed by atoms with van der Waals surface area (Å²) >= 11 is 0. The number of fused-ring (bicyclic) bond motifs is 7. The summed E-state index contributed by atoms with van der Waals surface area (Å²) in [6.07, 6.45) is 0. The fourth-order valence-electron chi connectivity index (χ4n) is 9.65. The number of hydrogen-bond acceptors (Lipinski definition) is 2. The van der Waals surface area contributed by atoms with Crippen molar-refractivity contribution in [2.45, 2.75) is 40.0 Å². The monoisotopic (exact) mass is 797 g/mol. The van der Waals surface area contributed by atoms with Crippen LogP contribution in [-0.4, -0.2) is 0 Å². The normalized spacial score (nSPS) is 12.0. The molecule has 0 fully saturated rings. The average molecular weight is 798 g/mol. The zero-order chi connectivity index (χ0) is 42.1. The van der Waals surface area contributed by atoms with Crippen molar-refractivity contribution in [1.29, 1.82) is 0 Å². The Kier molecular flexibility index (Phi) is 8.87. The lowest BCUT2D eigenvalue weighted by Gasteiger charge is -2.26. The first-order valence-corrected chi connectivity index (χ1v) is 21.9. The van der Waals surface area contributed by atoms with Crippen LogP contribution in [0.2, 0.25) is 0 Å². The van der Waals surface area contributed by atoms with E-state index in [1.165, 1.54) is 81.7 Å². The molecule has 0 spiro atoms. The van der Waals surface area contributed by atoms with Gasteiger partial charge in [-0.2, -0.15) is 0 Å². The van der Waals surface area contributed by atoms with Crippen LogP contribution in [0.15, 0.2) is 199 Å². The lowest BCUT2D eigenvalue weighted by molar-refractivity contribution is 0.590. The molecule has 0 radical (unpaired) electrons. The Bertz CT molecular complexity index is 3540. The third-order valence-electron chi connectivity index (χ3n) is 12.7. The van der Waals surface area contributed by atoms with Gasteiger partial charge in [-0.25, -0.2) is 0 Å². The van der Waals surface area contributed by atoms with Gasteiger partial charge in [0.15, 0.2) is 0 Å². The van der Waals surface area contributed by atoms with Crippen LogP contribution in [0.3, 0.4) is 0 Å². The molecule has 0 unspecified atom stereocenters. The van der Waals surface area contributed by atoms with Gasteiger partial charge in [-0.05, 0) is 119 Å². The molecule has 0 saturated carbocycles. The van der Waals surface area contributed by atoms with E-state index in [0.29, 0.717) is 0 Å². The largest absolute Gasteiger partial charge is 0.455 e. The number of anilines is 3. The smallest absolute Gasteiger partial charge is 0.143 e. The molecule has 0 saturated heterocycles. The van der Waals surface area contributed by atoms with Gasteiger partial charge in [0, 0.05) is 44.7 Å². The first-order valence-electron chi connectivity index (χ1n) is 21.9. The molecular formula is C60H47NO. The first kappa shape index (κ1) is 37.6. The van der Waals surface area contributed by atoms with Crippen LogP contribution >= 0.6 is 0 Å². The van der Waals surface area contributed by atoms with Crippen molar-refractivity contribution in [2.24, 2.45) is 0 Å². The summed E-state index contributed by atoms with van der Waals surface area (Å²) in [5, 5.41) is 14.5. The molecule has 0 aliphatic rings. The van der Waals surface area contributed by atoms with Gasteiger partial charge in [-0.3, -0.25) is 0 Å². The second-order valence-electron chi connectivity index (χ2n) is 17.3. The molecule has 298 valence electrons. The van der Waals surface area contributed by atoms with Crippen molar-refractivity contribution in [1.82, 2.24) is 0 Å². The Morgan fingerprint density at radius 2 is 0.887 bits per heavy atom. The van der Waals surface area contributed by atoms with Crippen LogP contribution in [-0.2, 0) is 5.41 Å². The Labute approximate surface area is 362 Å². The summed E-state index contributed by atoms with van der Waals surface area (Å²) < 4.78 is 7.08. The molecule has 11 aromatic carbocycles. The van der Waals surface area contributed by atoms with E-state index < -0.39 is 0 Å². The molecule has 0 aliphatic carbocycles. The summed E-state index contributed by atoms with van der Waals surface area (Å²) in [5.41, 5.74) is 11.4.